The first kappa shape index (κ1) is 6.92. The van der Waals surface area contributed by atoms with Gasteiger partial charge in [0.15, 0.2) is 0 Å². The molecule has 34 valence electrons. The lowest BCUT2D eigenvalue weighted by molar-refractivity contribution is 1.07. The van der Waals surface area contributed by atoms with Gasteiger partial charge >= 0.3 is 0 Å². The minimum atomic E-state index is 0.231. The summed E-state index contributed by atoms with van der Waals surface area (Å²) < 4.78 is 0. The molecular formula is C3H9BP2. The fraction of sp³-hybridized carbons (Fsp3) is 1.00. The molecule has 4 atom stereocenters. The molecule has 0 aliphatic rings. The first-order chi connectivity index (χ1) is 2.64. The predicted molar refractivity (Wildman–Crippen MR) is 38.4 cm³/mol. The molecule has 0 N–H and O–H groups in total. The minimum Gasteiger partial charge on any atom is -0.143 e. The summed E-state index contributed by atoms with van der Waals surface area (Å²) in [6.07, 6.45) is 0. The highest BCUT2D eigenvalue weighted by molar-refractivity contribution is 7.25. The highest BCUT2D eigenvalue weighted by Crippen LogP contribution is 2.08. The zero-order valence-corrected chi connectivity index (χ0v) is 6.20. The number of hydrogen-bond donors (Lipinski definition) is 0. The maximum Gasteiger partial charge on any atom is 0.0764 e. The van der Waals surface area contributed by atoms with Crippen molar-refractivity contribution in [2.45, 2.75) is 18.1 Å². The Bertz CT molecular complexity index is 29.8. The molecule has 0 fully saturated rings. The molecule has 0 saturated heterocycles. The largest absolute Gasteiger partial charge is 0.143 e. The van der Waals surface area contributed by atoms with Crippen molar-refractivity contribution in [3.05, 3.63) is 0 Å². The highest BCUT2D eigenvalue weighted by atomic mass is 31.0. The normalized spacial score (nSPS) is 19.8. The Morgan fingerprint density at radius 3 is 1.67 bits per heavy atom. The van der Waals surface area contributed by atoms with Gasteiger partial charge in [0.2, 0.25) is 0 Å². The monoisotopic (exact) mass is 118 g/mol. The van der Waals surface area contributed by atoms with Gasteiger partial charge in [-0.2, -0.15) is 0 Å². The van der Waals surface area contributed by atoms with Gasteiger partial charge in [0.1, 0.15) is 0 Å². The van der Waals surface area contributed by atoms with Gasteiger partial charge in [0.05, 0.1) is 7.85 Å². The van der Waals surface area contributed by atoms with Crippen LogP contribution in [0.1, 0.15) is 6.92 Å². The van der Waals surface area contributed by atoms with Gasteiger partial charge in [0.25, 0.3) is 0 Å². The molecule has 0 heterocycles. The Labute approximate surface area is 45.3 Å². The molecule has 0 saturated carbocycles. The third-order valence-corrected chi connectivity index (χ3v) is 2.10. The summed E-state index contributed by atoms with van der Waals surface area (Å²) in [5, 5.41) is 0. The van der Waals surface area contributed by atoms with Crippen LogP contribution in [0.4, 0.5) is 0 Å². The molecule has 0 aromatic carbocycles. The van der Waals surface area contributed by atoms with Gasteiger partial charge in [-0.3, -0.25) is 0 Å². The Balaban J connectivity index is 2.99. The van der Waals surface area contributed by atoms with E-state index in [0.717, 1.165) is 0 Å². The van der Waals surface area contributed by atoms with E-state index in [1.54, 1.807) is 0 Å². The van der Waals surface area contributed by atoms with Crippen molar-refractivity contribution in [1.82, 2.24) is 0 Å². The van der Waals surface area contributed by atoms with Crippen LogP contribution in [0.15, 0.2) is 0 Å². The van der Waals surface area contributed by atoms with Crippen molar-refractivity contribution in [2.24, 2.45) is 0 Å². The molecule has 0 spiro atoms. The second-order valence-corrected chi connectivity index (χ2v) is 3.26. The lowest BCUT2D eigenvalue weighted by Crippen LogP contribution is -2.07. The summed E-state index contributed by atoms with van der Waals surface area (Å²) in [5.41, 5.74) is 0.741. The SMILES string of the molecule is [B]C(P)C(C)P. The molecule has 0 aromatic heterocycles. The van der Waals surface area contributed by atoms with Crippen LogP contribution in [0.5, 0.6) is 0 Å². The topological polar surface area (TPSA) is 0 Å². The molecule has 0 amide bonds. The van der Waals surface area contributed by atoms with Crippen molar-refractivity contribution in [3.8, 4) is 0 Å². The van der Waals surface area contributed by atoms with E-state index >= 15 is 0 Å². The minimum absolute atomic E-state index is 0.231. The van der Waals surface area contributed by atoms with Gasteiger partial charge in [-0.25, -0.2) is 0 Å². The van der Waals surface area contributed by atoms with Crippen LogP contribution in [0.2, 0.25) is 0 Å². The van der Waals surface area contributed by atoms with Crippen LogP contribution in [-0.2, 0) is 0 Å². The van der Waals surface area contributed by atoms with Crippen molar-refractivity contribution in [3.63, 3.8) is 0 Å². The third kappa shape index (κ3) is 3.13. The molecule has 6 heavy (non-hydrogen) atoms. The first-order valence-electron chi connectivity index (χ1n) is 1.91. The van der Waals surface area contributed by atoms with Crippen LogP contribution in [-0.4, -0.2) is 19.1 Å². The van der Waals surface area contributed by atoms with Gasteiger partial charge in [-0.1, -0.05) is 12.5 Å². The van der Waals surface area contributed by atoms with Crippen LogP contribution < -0.4 is 0 Å². The Kier molecular flexibility index (Phi) is 3.46. The fourth-order valence-corrected chi connectivity index (χ4v) is 0. The summed E-state index contributed by atoms with van der Waals surface area (Å²) in [7, 11) is 10.5. The average molecular weight is 118 g/mol. The summed E-state index contributed by atoms with van der Waals surface area (Å²) in [4.78, 5) is 0. The van der Waals surface area contributed by atoms with E-state index in [-0.39, 0.29) is 5.56 Å². The van der Waals surface area contributed by atoms with E-state index in [2.05, 4.69) is 25.4 Å². The Morgan fingerprint density at radius 2 is 1.67 bits per heavy atom. The molecule has 3 heteroatoms. The summed E-state index contributed by atoms with van der Waals surface area (Å²) in [5.74, 6) is 0. The Hall–Kier alpha value is 0.925. The van der Waals surface area contributed by atoms with Crippen LogP contribution in [0.25, 0.3) is 0 Å². The van der Waals surface area contributed by atoms with E-state index in [9.17, 15) is 0 Å². The molecule has 0 nitrogen and oxygen atoms in total. The maximum absolute atomic E-state index is 5.38. The van der Waals surface area contributed by atoms with E-state index < -0.39 is 0 Å². The second-order valence-electron chi connectivity index (χ2n) is 1.44. The van der Waals surface area contributed by atoms with Crippen LogP contribution in [0, 0.1) is 0 Å². The second kappa shape index (κ2) is 3.00. The van der Waals surface area contributed by atoms with Crippen LogP contribution >= 0.6 is 18.5 Å². The van der Waals surface area contributed by atoms with Gasteiger partial charge in [-0.05, 0) is 5.66 Å². The number of hydrogen-bond acceptors (Lipinski definition) is 0. The summed E-state index contributed by atoms with van der Waals surface area (Å²) >= 11 is 0. The molecule has 0 bridgehead atoms. The molecule has 0 aromatic rings. The van der Waals surface area contributed by atoms with Gasteiger partial charge < -0.3 is 0 Å². The number of rotatable bonds is 1. The summed E-state index contributed by atoms with van der Waals surface area (Å²) in [6.45, 7) is 2.06. The standard InChI is InChI=1S/C3H9BP2/c1-2(5)3(4)6/h2-3H,5-6H2,1H3. The molecule has 4 unspecified atom stereocenters. The maximum atomic E-state index is 5.38. The fourth-order valence-electron chi connectivity index (χ4n) is 0. The molecule has 0 aliphatic carbocycles. The lowest BCUT2D eigenvalue weighted by atomic mass is 10.0. The zero-order chi connectivity index (χ0) is 5.15. The van der Waals surface area contributed by atoms with E-state index in [0.29, 0.717) is 5.66 Å². The van der Waals surface area contributed by atoms with Crippen LogP contribution in [0.3, 0.4) is 0 Å². The van der Waals surface area contributed by atoms with E-state index in [1.165, 1.54) is 0 Å². The van der Waals surface area contributed by atoms with Crippen molar-refractivity contribution in [1.29, 1.82) is 0 Å². The molecular weight excluding hydrogens is 109 g/mol. The lowest BCUT2D eigenvalue weighted by Gasteiger charge is -2.05. The Morgan fingerprint density at radius 1 is 1.50 bits per heavy atom. The summed E-state index contributed by atoms with van der Waals surface area (Å²) in [6, 6.07) is 0. The highest BCUT2D eigenvalue weighted by Gasteiger charge is 1.95. The first-order valence-corrected chi connectivity index (χ1v) is 3.24. The van der Waals surface area contributed by atoms with Crippen molar-refractivity contribution < 1.29 is 0 Å². The average Bonchev–Trinajstić information content (AvgIpc) is 1.36. The van der Waals surface area contributed by atoms with Crippen molar-refractivity contribution >= 4 is 26.3 Å². The molecule has 0 aliphatic heterocycles. The zero-order valence-electron chi connectivity index (χ0n) is 3.89. The predicted octanol–water partition coefficient (Wildman–Crippen LogP) is 0.620. The quantitative estimate of drug-likeness (QED) is 0.349. The van der Waals surface area contributed by atoms with E-state index in [1.807, 2.05) is 0 Å². The van der Waals surface area contributed by atoms with Gasteiger partial charge in [0, 0.05) is 0 Å². The molecule has 2 radical (unpaired) electrons. The molecule has 0 rings (SSSR count). The smallest absolute Gasteiger partial charge is 0.0764 e. The third-order valence-electron chi connectivity index (χ3n) is 0.607. The van der Waals surface area contributed by atoms with E-state index in [4.69, 9.17) is 7.85 Å². The van der Waals surface area contributed by atoms with Crippen molar-refractivity contribution in [2.75, 3.05) is 0 Å². The van der Waals surface area contributed by atoms with Gasteiger partial charge in [-0.15, -0.1) is 18.5 Å².